The minimum absolute atomic E-state index is 0. The van der Waals surface area contributed by atoms with E-state index >= 15 is 0 Å². The zero-order valence-corrected chi connectivity index (χ0v) is 17.0. The third-order valence-electron chi connectivity index (χ3n) is 5.53. The number of hydrogen-bond acceptors (Lipinski definition) is 1. The van der Waals surface area contributed by atoms with Gasteiger partial charge in [0.2, 0.25) is 0 Å². The minimum Gasteiger partial charge on any atom is -0.356 e. The van der Waals surface area contributed by atoms with E-state index in [0.717, 1.165) is 19.0 Å². The van der Waals surface area contributed by atoms with Crippen LogP contribution >= 0.6 is 24.0 Å². The fourth-order valence-electron chi connectivity index (χ4n) is 3.75. The molecule has 2 aromatic rings. The summed E-state index contributed by atoms with van der Waals surface area (Å²) in [5, 5.41) is 7.04. The van der Waals surface area contributed by atoms with Gasteiger partial charge in [-0.3, -0.25) is 4.99 Å². The largest absolute Gasteiger partial charge is 0.356 e. The molecule has 0 bridgehead atoms. The van der Waals surface area contributed by atoms with Gasteiger partial charge in [0.25, 0.3) is 0 Å². The second-order valence-corrected chi connectivity index (χ2v) is 7.05. The summed E-state index contributed by atoms with van der Waals surface area (Å²) in [6.07, 6.45) is 3.70. The second-order valence-electron chi connectivity index (χ2n) is 7.05. The van der Waals surface area contributed by atoms with E-state index < -0.39 is 0 Å². The van der Waals surface area contributed by atoms with Crippen LogP contribution in [-0.2, 0) is 11.8 Å². The van der Waals surface area contributed by atoms with Crippen LogP contribution in [0.1, 0.15) is 35.4 Å². The van der Waals surface area contributed by atoms with Gasteiger partial charge in [-0.15, -0.1) is 24.0 Å². The van der Waals surface area contributed by atoms with Crippen molar-refractivity contribution >= 4 is 29.9 Å². The maximum Gasteiger partial charge on any atom is 0.191 e. The Labute approximate surface area is 167 Å². The standard InChI is InChI=1S/C21H25N3.HI/c1-22-20(23-14-17-13-16-7-5-6-10-19(16)17)24-15-21(11-12-21)18-8-3-2-4-9-18;/h2-10,17H,11-15H2,1H3,(H2,22,23,24);1H. The highest BCUT2D eigenvalue weighted by molar-refractivity contribution is 14.0. The van der Waals surface area contributed by atoms with Crippen molar-refractivity contribution in [2.45, 2.75) is 30.6 Å². The summed E-state index contributed by atoms with van der Waals surface area (Å²) in [6, 6.07) is 19.6. The monoisotopic (exact) mass is 447 g/mol. The van der Waals surface area contributed by atoms with Gasteiger partial charge in [-0.05, 0) is 36.0 Å². The molecular weight excluding hydrogens is 421 g/mol. The molecule has 2 N–H and O–H groups in total. The lowest BCUT2D eigenvalue weighted by molar-refractivity contribution is 0.577. The molecule has 3 nitrogen and oxygen atoms in total. The van der Waals surface area contributed by atoms with E-state index in [1.54, 1.807) is 0 Å². The number of hydrogen-bond donors (Lipinski definition) is 2. The molecule has 2 aromatic carbocycles. The van der Waals surface area contributed by atoms with Gasteiger partial charge in [0.05, 0.1) is 0 Å². The van der Waals surface area contributed by atoms with Crippen LogP contribution in [0.25, 0.3) is 0 Å². The molecular formula is C21H26IN3. The van der Waals surface area contributed by atoms with E-state index in [-0.39, 0.29) is 24.0 Å². The summed E-state index contributed by atoms with van der Waals surface area (Å²) in [7, 11) is 1.85. The molecule has 0 aromatic heterocycles. The Morgan fingerprint density at radius 3 is 2.44 bits per heavy atom. The van der Waals surface area contributed by atoms with E-state index in [4.69, 9.17) is 0 Å². The van der Waals surface area contributed by atoms with E-state index in [0.29, 0.717) is 11.3 Å². The highest BCUT2D eigenvalue weighted by Gasteiger charge is 2.44. The van der Waals surface area contributed by atoms with Crippen LogP contribution in [0.15, 0.2) is 59.6 Å². The SMILES string of the molecule is CN=C(NCC1Cc2ccccc21)NCC1(c2ccccc2)CC1.I. The Hall–Kier alpha value is -1.56. The third-order valence-corrected chi connectivity index (χ3v) is 5.53. The van der Waals surface area contributed by atoms with Crippen LogP contribution in [0.2, 0.25) is 0 Å². The Kier molecular flexibility index (Phi) is 5.67. The molecule has 1 fully saturated rings. The highest BCUT2D eigenvalue weighted by atomic mass is 127. The van der Waals surface area contributed by atoms with Gasteiger partial charge >= 0.3 is 0 Å². The maximum absolute atomic E-state index is 4.39. The van der Waals surface area contributed by atoms with Gasteiger partial charge in [0.1, 0.15) is 0 Å². The molecule has 0 heterocycles. The van der Waals surface area contributed by atoms with E-state index in [9.17, 15) is 0 Å². The summed E-state index contributed by atoms with van der Waals surface area (Å²) in [4.78, 5) is 4.39. The highest BCUT2D eigenvalue weighted by Crippen LogP contribution is 2.47. The summed E-state index contributed by atoms with van der Waals surface area (Å²) in [5.41, 5.74) is 4.74. The normalized spacial score (nSPS) is 19.9. The molecule has 2 aliphatic rings. The summed E-state index contributed by atoms with van der Waals surface area (Å²) in [6.45, 7) is 1.91. The quantitative estimate of drug-likeness (QED) is 0.415. The first-order valence-electron chi connectivity index (χ1n) is 8.89. The lowest BCUT2D eigenvalue weighted by Gasteiger charge is -2.31. The molecule has 0 radical (unpaired) electrons. The van der Waals surface area contributed by atoms with Crippen molar-refractivity contribution in [3.8, 4) is 0 Å². The van der Waals surface area contributed by atoms with Crippen LogP contribution < -0.4 is 10.6 Å². The van der Waals surface area contributed by atoms with Crippen LogP contribution in [-0.4, -0.2) is 26.1 Å². The van der Waals surface area contributed by atoms with Gasteiger partial charge in [-0.25, -0.2) is 0 Å². The topological polar surface area (TPSA) is 36.4 Å². The van der Waals surface area contributed by atoms with Crippen LogP contribution in [0.3, 0.4) is 0 Å². The van der Waals surface area contributed by atoms with E-state index in [2.05, 4.69) is 70.2 Å². The minimum atomic E-state index is 0. The smallest absolute Gasteiger partial charge is 0.191 e. The number of nitrogens with one attached hydrogen (secondary N) is 2. The molecule has 0 saturated heterocycles. The number of fused-ring (bicyclic) bond motifs is 1. The predicted octanol–water partition coefficient (Wildman–Crippen LogP) is 3.84. The van der Waals surface area contributed by atoms with Crippen LogP contribution in [0.4, 0.5) is 0 Å². The van der Waals surface area contributed by atoms with Crippen molar-refractivity contribution < 1.29 is 0 Å². The molecule has 0 spiro atoms. The zero-order valence-electron chi connectivity index (χ0n) is 14.7. The molecule has 1 unspecified atom stereocenters. The number of benzene rings is 2. The molecule has 0 aliphatic heterocycles. The fourth-order valence-corrected chi connectivity index (χ4v) is 3.75. The van der Waals surface area contributed by atoms with Gasteiger partial charge < -0.3 is 10.6 Å². The van der Waals surface area contributed by atoms with Crippen molar-refractivity contribution in [1.29, 1.82) is 0 Å². The van der Waals surface area contributed by atoms with Gasteiger partial charge in [-0.1, -0.05) is 54.6 Å². The first kappa shape index (κ1) is 18.2. The summed E-state index contributed by atoms with van der Waals surface area (Å²) >= 11 is 0. The second kappa shape index (κ2) is 7.77. The zero-order chi connectivity index (χ0) is 16.4. The third kappa shape index (κ3) is 3.84. The molecule has 1 atom stereocenters. The lowest BCUT2D eigenvalue weighted by atomic mass is 9.78. The Bertz CT molecular complexity index is 738. The predicted molar refractivity (Wildman–Crippen MR) is 115 cm³/mol. The molecule has 1 saturated carbocycles. The Balaban J connectivity index is 0.00000182. The number of halogens is 1. The first-order chi connectivity index (χ1) is 11.8. The van der Waals surface area contributed by atoms with Crippen molar-refractivity contribution in [1.82, 2.24) is 10.6 Å². The Morgan fingerprint density at radius 2 is 1.76 bits per heavy atom. The van der Waals surface area contributed by atoms with Gasteiger partial charge in [0.15, 0.2) is 5.96 Å². The number of rotatable bonds is 5. The van der Waals surface area contributed by atoms with Gasteiger partial charge in [0, 0.05) is 31.5 Å². The maximum atomic E-state index is 4.39. The average Bonchev–Trinajstić information content (AvgIpc) is 3.40. The molecule has 2 aliphatic carbocycles. The molecule has 132 valence electrons. The van der Waals surface area contributed by atoms with E-state index in [1.807, 2.05) is 7.05 Å². The van der Waals surface area contributed by atoms with Crippen molar-refractivity contribution in [3.63, 3.8) is 0 Å². The number of guanidine groups is 1. The fraction of sp³-hybridized carbons (Fsp3) is 0.381. The van der Waals surface area contributed by atoms with Gasteiger partial charge in [-0.2, -0.15) is 0 Å². The lowest BCUT2D eigenvalue weighted by Crippen LogP contribution is -2.43. The van der Waals surface area contributed by atoms with Crippen molar-refractivity contribution in [3.05, 3.63) is 71.3 Å². The average molecular weight is 447 g/mol. The molecule has 4 rings (SSSR count). The molecule has 4 heteroatoms. The first-order valence-corrected chi connectivity index (χ1v) is 8.89. The number of nitrogens with zero attached hydrogens (tertiary/aromatic N) is 1. The molecule has 0 amide bonds. The Morgan fingerprint density at radius 1 is 1.04 bits per heavy atom. The van der Waals surface area contributed by atoms with E-state index in [1.165, 1.54) is 36.0 Å². The van der Waals surface area contributed by atoms with Crippen LogP contribution in [0, 0.1) is 0 Å². The summed E-state index contributed by atoms with van der Waals surface area (Å²) in [5.74, 6) is 1.53. The van der Waals surface area contributed by atoms with Crippen LogP contribution in [0.5, 0.6) is 0 Å². The summed E-state index contributed by atoms with van der Waals surface area (Å²) < 4.78 is 0. The van der Waals surface area contributed by atoms with Crippen molar-refractivity contribution in [2.24, 2.45) is 4.99 Å². The van der Waals surface area contributed by atoms with Crippen molar-refractivity contribution in [2.75, 3.05) is 20.1 Å². The molecule has 25 heavy (non-hydrogen) atoms. The number of aliphatic imine (C=N–C) groups is 1.